The van der Waals surface area contributed by atoms with Crippen LogP contribution in [0.15, 0.2) is 0 Å². The van der Waals surface area contributed by atoms with E-state index >= 15 is 0 Å². The summed E-state index contributed by atoms with van der Waals surface area (Å²) in [5.74, 6) is 2.49. The van der Waals surface area contributed by atoms with Crippen molar-refractivity contribution in [1.29, 1.82) is 0 Å². The highest BCUT2D eigenvalue weighted by atomic mass is 16.3. The number of hydrogen-bond donors (Lipinski definition) is 1. The van der Waals surface area contributed by atoms with Crippen LogP contribution in [0, 0.1) is 23.7 Å². The van der Waals surface area contributed by atoms with Crippen LogP contribution in [0.1, 0.15) is 53.9 Å². The summed E-state index contributed by atoms with van der Waals surface area (Å²) in [5, 5.41) is 10.4. The molecule has 14 heavy (non-hydrogen) atoms. The second kappa shape index (κ2) is 4.22. The number of rotatable bonds is 2. The van der Waals surface area contributed by atoms with E-state index in [2.05, 4.69) is 27.7 Å². The second-order valence-electron chi connectivity index (χ2n) is 5.93. The van der Waals surface area contributed by atoms with Crippen molar-refractivity contribution in [2.45, 2.75) is 59.5 Å². The van der Waals surface area contributed by atoms with Crippen LogP contribution in [0.25, 0.3) is 0 Å². The molecule has 0 heterocycles. The molecule has 0 radical (unpaired) electrons. The molecule has 84 valence electrons. The summed E-state index contributed by atoms with van der Waals surface area (Å²) in [6.45, 7) is 11.1. The van der Waals surface area contributed by atoms with Gasteiger partial charge in [-0.05, 0) is 43.4 Å². The van der Waals surface area contributed by atoms with Gasteiger partial charge in [0.1, 0.15) is 0 Å². The molecule has 1 aliphatic rings. The third kappa shape index (κ3) is 2.31. The first-order chi connectivity index (χ1) is 6.36. The highest BCUT2D eigenvalue weighted by molar-refractivity contribution is 4.93. The van der Waals surface area contributed by atoms with Crippen LogP contribution in [-0.2, 0) is 0 Å². The first-order valence-corrected chi connectivity index (χ1v) is 6.08. The lowest BCUT2D eigenvalue weighted by Gasteiger charge is -2.46. The highest BCUT2D eigenvalue weighted by Gasteiger charge is 2.43. The molecular formula is C13H26O. The van der Waals surface area contributed by atoms with Crippen molar-refractivity contribution >= 4 is 0 Å². The van der Waals surface area contributed by atoms with Crippen LogP contribution in [0.2, 0.25) is 0 Å². The number of aliphatic hydroxyl groups is 1. The summed E-state index contributed by atoms with van der Waals surface area (Å²) in [6.07, 6.45) is 3.48. The maximum atomic E-state index is 10.4. The molecule has 1 heteroatoms. The van der Waals surface area contributed by atoms with Crippen LogP contribution in [0.5, 0.6) is 0 Å². The maximum absolute atomic E-state index is 10.4. The largest absolute Gasteiger partial charge is 0.390 e. The smallest absolute Gasteiger partial charge is 0.0653 e. The van der Waals surface area contributed by atoms with E-state index in [0.29, 0.717) is 23.7 Å². The van der Waals surface area contributed by atoms with Gasteiger partial charge in [0.05, 0.1) is 5.60 Å². The highest BCUT2D eigenvalue weighted by Crippen LogP contribution is 2.44. The van der Waals surface area contributed by atoms with Crippen LogP contribution < -0.4 is 0 Å². The molecule has 1 aliphatic carbocycles. The minimum atomic E-state index is -0.429. The molecule has 1 rings (SSSR count). The molecule has 0 aromatic carbocycles. The van der Waals surface area contributed by atoms with E-state index in [0.717, 1.165) is 6.42 Å². The first kappa shape index (κ1) is 12.0. The normalized spacial score (nSPS) is 39.4. The second-order valence-corrected chi connectivity index (χ2v) is 5.93. The van der Waals surface area contributed by atoms with Crippen molar-refractivity contribution in [2.75, 3.05) is 0 Å². The van der Waals surface area contributed by atoms with Gasteiger partial charge in [-0.2, -0.15) is 0 Å². The quantitative estimate of drug-likeness (QED) is 0.720. The number of hydrogen-bond acceptors (Lipinski definition) is 1. The Morgan fingerprint density at radius 1 is 1.14 bits per heavy atom. The van der Waals surface area contributed by atoms with Crippen molar-refractivity contribution in [3.05, 3.63) is 0 Å². The Hall–Kier alpha value is -0.0400. The average Bonchev–Trinajstić information content (AvgIpc) is 2.00. The average molecular weight is 198 g/mol. The SMILES string of the molecule is CC(C)C1CCCC(C)(O)C1C(C)C. The predicted octanol–water partition coefficient (Wildman–Crippen LogP) is 3.47. The molecule has 1 N–H and O–H groups in total. The van der Waals surface area contributed by atoms with Crippen molar-refractivity contribution in [1.82, 2.24) is 0 Å². The molecule has 1 saturated carbocycles. The monoisotopic (exact) mass is 198 g/mol. The molecule has 1 nitrogen and oxygen atoms in total. The van der Waals surface area contributed by atoms with E-state index in [1.165, 1.54) is 12.8 Å². The standard InChI is InChI=1S/C13H26O/c1-9(2)11-7-6-8-13(5,14)12(11)10(3)4/h9-12,14H,6-8H2,1-5H3. The van der Waals surface area contributed by atoms with Gasteiger partial charge in [-0.3, -0.25) is 0 Å². The summed E-state index contributed by atoms with van der Waals surface area (Å²) >= 11 is 0. The van der Waals surface area contributed by atoms with Crippen LogP contribution >= 0.6 is 0 Å². The molecule has 0 spiro atoms. The maximum Gasteiger partial charge on any atom is 0.0653 e. The fraction of sp³-hybridized carbons (Fsp3) is 1.00. The molecule has 0 bridgehead atoms. The predicted molar refractivity (Wildman–Crippen MR) is 61.1 cm³/mol. The van der Waals surface area contributed by atoms with Gasteiger partial charge in [-0.15, -0.1) is 0 Å². The van der Waals surface area contributed by atoms with Gasteiger partial charge in [0.2, 0.25) is 0 Å². The van der Waals surface area contributed by atoms with E-state index in [1.54, 1.807) is 0 Å². The Bertz CT molecular complexity index is 182. The first-order valence-electron chi connectivity index (χ1n) is 6.08. The van der Waals surface area contributed by atoms with Crippen molar-refractivity contribution in [3.63, 3.8) is 0 Å². The van der Waals surface area contributed by atoms with Crippen LogP contribution in [-0.4, -0.2) is 10.7 Å². The Labute approximate surface area is 88.9 Å². The third-order valence-electron chi connectivity index (χ3n) is 3.97. The molecule has 1 fully saturated rings. The van der Waals surface area contributed by atoms with E-state index in [4.69, 9.17) is 0 Å². The molecule has 0 saturated heterocycles. The van der Waals surface area contributed by atoms with E-state index in [9.17, 15) is 5.11 Å². The van der Waals surface area contributed by atoms with Crippen LogP contribution in [0.3, 0.4) is 0 Å². The molecule has 0 aromatic heterocycles. The van der Waals surface area contributed by atoms with Crippen molar-refractivity contribution < 1.29 is 5.11 Å². The van der Waals surface area contributed by atoms with E-state index in [1.807, 2.05) is 6.92 Å². The summed E-state index contributed by atoms with van der Waals surface area (Å²) < 4.78 is 0. The fourth-order valence-electron chi connectivity index (χ4n) is 3.46. The lowest BCUT2D eigenvalue weighted by Crippen LogP contribution is -2.46. The van der Waals surface area contributed by atoms with Crippen molar-refractivity contribution in [2.24, 2.45) is 23.7 Å². The van der Waals surface area contributed by atoms with Gasteiger partial charge in [0.25, 0.3) is 0 Å². The van der Waals surface area contributed by atoms with Gasteiger partial charge in [0, 0.05) is 0 Å². The Balaban J connectivity index is 2.84. The molecule has 3 atom stereocenters. The molecular weight excluding hydrogens is 172 g/mol. The minimum Gasteiger partial charge on any atom is -0.390 e. The molecule has 0 aromatic rings. The van der Waals surface area contributed by atoms with Gasteiger partial charge in [-0.25, -0.2) is 0 Å². The summed E-state index contributed by atoms with van der Waals surface area (Å²) in [5.41, 5.74) is -0.429. The summed E-state index contributed by atoms with van der Waals surface area (Å²) in [6, 6.07) is 0. The zero-order valence-electron chi connectivity index (χ0n) is 10.4. The van der Waals surface area contributed by atoms with Crippen LogP contribution in [0.4, 0.5) is 0 Å². The lowest BCUT2D eigenvalue weighted by molar-refractivity contribution is -0.0888. The minimum absolute atomic E-state index is 0.429. The van der Waals surface area contributed by atoms with Gasteiger partial charge in [-0.1, -0.05) is 34.1 Å². The van der Waals surface area contributed by atoms with E-state index in [-0.39, 0.29) is 0 Å². The van der Waals surface area contributed by atoms with Gasteiger partial charge >= 0.3 is 0 Å². The van der Waals surface area contributed by atoms with Gasteiger partial charge < -0.3 is 5.11 Å². The summed E-state index contributed by atoms with van der Waals surface area (Å²) in [7, 11) is 0. The zero-order chi connectivity index (χ0) is 10.9. The van der Waals surface area contributed by atoms with Crippen molar-refractivity contribution in [3.8, 4) is 0 Å². The van der Waals surface area contributed by atoms with E-state index < -0.39 is 5.60 Å². The Kier molecular flexibility index (Phi) is 3.63. The zero-order valence-corrected chi connectivity index (χ0v) is 10.4. The Morgan fingerprint density at radius 2 is 1.71 bits per heavy atom. The third-order valence-corrected chi connectivity index (χ3v) is 3.97. The molecule has 0 aliphatic heterocycles. The Morgan fingerprint density at radius 3 is 2.07 bits per heavy atom. The topological polar surface area (TPSA) is 20.2 Å². The molecule has 0 amide bonds. The fourth-order valence-corrected chi connectivity index (χ4v) is 3.46. The van der Waals surface area contributed by atoms with Gasteiger partial charge in [0.15, 0.2) is 0 Å². The summed E-state index contributed by atoms with van der Waals surface area (Å²) in [4.78, 5) is 0. The molecule has 3 unspecified atom stereocenters. The lowest BCUT2D eigenvalue weighted by atomic mass is 9.62.